The molecule has 6 nitrogen and oxygen atoms in total. The van der Waals surface area contributed by atoms with E-state index in [1.807, 2.05) is 0 Å². The zero-order valence-electron chi connectivity index (χ0n) is 14.9. The number of nitrogens with zero attached hydrogens (tertiary/aromatic N) is 1. The Balaban J connectivity index is 1.63. The van der Waals surface area contributed by atoms with Crippen LogP contribution < -0.4 is 5.32 Å². The molecule has 0 aliphatic rings. The second-order valence-corrected chi connectivity index (χ2v) is 6.24. The Labute approximate surface area is 165 Å². The molecule has 0 saturated heterocycles. The summed E-state index contributed by atoms with van der Waals surface area (Å²) in [7, 11) is 1.27. The third-order valence-electron chi connectivity index (χ3n) is 3.92. The van der Waals surface area contributed by atoms with E-state index in [-0.39, 0.29) is 24.3 Å². The maximum atomic E-state index is 13.8. The molecular formula is C20H16ClFN2O4. The van der Waals surface area contributed by atoms with E-state index in [9.17, 15) is 14.0 Å². The van der Waals surface area contributed by atoms with Gasteiger partial charge in [0.05, 0.1) is 35.1 Å². The number of anilines is 1. The van der Waals surface area contributed by atoms with E-state index >= 15 is 0 Å². The largest absolute Gasteiger partial charge is 0.465 e. The predicted octanol–water partition coefficient (Wildman–Crippen LogP) is 4.49. The van der Waals surface area contributed by atoms with Gasteiger partial charge in [-0.25, -0.2) is 14.2 Å². The number of ether oxygens (including phenoxy) is 1. The summed E-state index contributed by atoms with van der Waals surface area (Å²) in [4.78, 5) is 27.9. The van der Waals surface area contributed by atoms with Gasteiger partial charge in [-0.1, -0.05) is 23.7 Å². The molecule has 0 saturated carbocycles. The van der Waals surface area contributed by atoms with Gasteiger partial charge in [-0.2, -0.15) is 0 Å². The van der Waals surface area contributed by atoms with Crippen molar-refractivity contribution in [3.63, 3.8) is 0 Å². The molecule has 0 spiro atoms. The maximum absolute atomic E-state index is 13.8. The van der Waals surface area contributed by atoms with E-state index in [1.165, 1.54) is 37.6 Å². The summed E-state index contributed by atoms with van der Waals surface area (Å²) in [5.41, 5.74) is 0.871. The van der Waals surface area contributed by atoms with Gasteiger partial charge < -0.3 is 14.5 Å². The standard InChI is InChI=1S/C20H16ClFN2O4/c1-27-20(26)12-6-7-14(21)16(10-12)24-18(25)8-9-19-23-11-17(28-19)13-4-2-3-5-15(13)22/h2-7,10-11H,8-9H2,1H3,(H,24,25). The number of benzene rings is 2. The smallest absolute Gasteiger partial charge is 0.337 e. The summed E-state index contributed by atoms with van der Waals surface area (Å²) in [6.45, 7) is 0. The van der Waals surface area contributed by atoms with Gasteiger partial charge in [-0.3, -0.25) is 4.79 Å². The highest BCUT2D eigenvalue weighted by atomic mass is 35.5. The normalized spacial score (nSPS) is 10.5. The first-order chi connectivity index (χ1) is 13.5. The van der Waals surface area contributed by atoms with Crippen LogP contribution in [0.2, 0.25) is 5.02 Å². The van der Waals surface area contributed by atoms with E-state index < -0.39 is 11.8 Å². The van der Waals surface area contributed by atoms with Gasteiger partial charge in [0.15, 0.2) is 11.7 Å². The van der Waals surface area contributed by atoms with Gasteiger partial charge in [0, 0.05) is 12.8 Å². The fraction of sp³-hybridized carbons (Fsp3) is 0.150. The lowest BCUT2D eigenvalue weighted by molar-refractivity contribution is -0.116. The molecule has 28 heavy (non-hydrogen) atoms. The van der Waals surface area contributed by atoms with E-state index in [0.29, 0.717) is 27.9 Å². The van der Waals surface area contributed by atoms with Crippen molar-refractivity contribution < 1.29 is 23.1 Å². The Kier molecular flexibility index (Phi) is 6.06. The first-order valence-corrected chi connectivity index (χ1v) is 8.73. The van der Waals surface area contributed by atoms with Crippen molar-refractivity contribution in [2.24, 2.45) is 0 Å². The number of hydrogen-bond donors (Lipinski definition) is 1. The van der Waals surface area contributed by atoms with Gasteiger partial charge in [-0.15, -0.1) is 0 Å². The van der Waals surface area contributed by atoms with Crippen molar-refractivity contribution in [2.75, 3.05) is 12.4 Å². The molecule has 1 heterocycles. The monoisotopic (exact) mass is 402 g/mol. The Morgan fingerprint density at radius 2 is 2.04 bits per heavy atom. The number of hydrogen-bond acceptors (Lipinski definition) is 5. The van der Waals surface area contributed by atoms with Crippen molar-refractivity contribution in [1.82, 2.24) is 4.98 Å². The van der Waals surface area contributed by atoms with E-state index in [2.05, 4.69) is 15.0 Å². The number of halogens is 2. The topological polar surface area (TPSA) is 81.4 Å². The number of rotatable bonds is 6. The number of carbonyl (C=O) groups is 2. The predicted molar refractivity (Wildman–Crippen MR) is 102 cm³/mol. The van der Waals surface area contributed by atoms with Gasteiger partial charge in [0.25, 0.3) is 0 Å². The molecule has 1 aromatic heterocycles. The van der Waals surface area contributed by atoms with Gasteiger partial charge in [0.1, 0.15) is 5.82 Å². The number of esters is 1. The molecule has 0 atom stereocenters. The Hall–Kier alpha value is -3.19. The minimum absolute atomic E-state index is 0.0655. The summed E-state index contributed by atoms with van der Waals surface area (Å²) in [6.07, 6.45) is 1.70. The molecule has 0 fully saturated rings. The van der Waals surface area contributed by atoms with Crippen LogP contribution in [0.3, 0.4) is 0 Å². The zero-order chi connectivity index (χ0) is 20.1. The van der Waals surface area contributed by atoms with E-state index in [4.69, 9.17) is 16.0 Å². The second-order valence-electron chi connectivity index (χ2n) is 5.83. The van der Waals surface area contributed by atoms with Crippen molar-refractivity contribution in [1.29, 1.82) is 0 Å². The molecule has 0 aliphatic heterocycles. The average molecular weight is 403 g/mol. The highest BCUT2D eigenvalue weighted by Crippen LogP contribution is 2.25. The fourth-order valence-electron chi connectivity index (χ4n) is 2.51. The highest BCUT2D eigenvalue weighted by Gasteiger charge is 2.14. The van der Waals surface area contributed by atoms with E-state index in [1.54, 1.807) is 18.2 Å². The maximum Gasteiger partial charge on any atom is 0.337 e. The number of nitrogens with one attached hydrogen (secondary N) is 1. The van der Waals surface area contributed by atoms with Gasteiger partial charge >= 0.3 is 5.97 Å². The number of methoxy groups -OCH3 is 1. The molecule has 0 radical (unpaired) electrons. The minimum Gasteiger partial charge on any atom is -0.465 e. The van der Waals surface area contributed by atoms with Crippen LogP contribution in [-0.2, 0) is 16.0 Å². The van der Waals surface area contributed by atoms with Crippen LogP contribution in [0.1, 0.15) is 22.7 Å². The molecule has 3 aromatic rings. The van der Waals surface area contributed by atoms with Crippen molar-refractivity contribution in [3.05, 3.63) is 71.0 Å². The third kappa shape index (κ3) is 4.55. The molecule has 1 amide bonds. The Morgan fingerprint density at radius 1 is 1.25 bits per heavy atom. The lowest BCUT2D eigenvalue weighted by Crippen LogP contribution is -2.13. The quantitative estimate of drug-likeness (QED) is 0.614. The zero-order valence-corrected chi connectivity index (χ0v) is 15.6. The lowest BCUT2D eigenvalue weighted by atomic mass is 10.2. The van der Waals surface area contributed by atoms with Crippen LogP contribution in [-0.4, -0.2) is 24.0 Å². The number of aryl methyl sites for hydroxylation is 1. The highest BCUT2D eigenvalue weighted by molar-refractivity contribution is 6.33. The summed E-state index contributed by atoms with van der Waals surface area (Å²) >= 11 is 6.06. The SMILES string of the molecule is COC(=O)c1ccc(Cl)c(NC(=O)CCc2ncc(-c3ccccc3F)o2)c1. The molecule has 0 bridgehead atoms. The molecule has 2 aromatic carbocycles. The van der Waals surface area contributed by atoms with E-state index in [0.717, 1.165) is 0 Å². The van der Waals surface area contributed by atoms with Crippen LogP contribution in [0.4, 0.5) is 10.1 Å². The average Bonchev–Trinajstić information content (AvgIpc) is 3.16. The molecule has 8 heteroatoms. The van der Waals surface area contributed by atoms with Gasteiger partial charge in [-0.05, 0) is 30.3 Å². The van der Waals surface area contributed by atoms with Crippen molar-refractivity contribution >= 4 is 29.2 Å². The molecular weight excluding hydrogens is 387 g/mol. The molecule has 0 aliphatic carbocycles. The van der Waals surface area contributed by atoms with Crippen molar-refractivity contribution in [3.8, 4) is 11.3 Å². The third-order valence-corrected chi connectivity index (χ3v) is 4.25. The molecule has 144 valence electrons. The Bertz CT molecular complexity index is 1020. The number of aromatic nitrogens is 1. The van der Waals surface area contributed by atoms with Crippen LogP contribution >= 0.6 is 11.6 Å². The Morgan fingerprint density at radius 3 is 2.79 bits per heavy atom. The molecule has 0 unspecified atom stereocenters. The first kappa shape index (κ1) is 19.6. The van der Waals surface area contributed by atoms with Crippen molar-refractivity contribution in [2.45, 2.75) is 12.8 Å². The number of oxazole rings is 1. The minimum atomic E-state index is -0.535. The fourth-order valence-corrected chi connectivity index (χ4v) is 2.68. The summed E-state index contributed by atoms with van der Waals surface area (Å²) in [5, 5.41) is 2.93. The molecule has 3 rings (SSSR count). The summed E-state index contributed by atoms with van der Waals surface area (Å²) in [5.74, 6) is -0.685. The molecule has 1 N–H and O–H groups in total. The van der Waals surface area contributed by atoms with Crippen LogP contribution in [0.5, 0.6) is 0 Å². The number of carbonyl (C=O) groups excluding carboxylic acids is 2. The van der Waals surface area contributed by atoms with Crippen LogP contribution in [0, 0.1) is 5.82 Å². The van der Waals surface area contributed by atoms with Crippen LogP contribution in [0.25, 0.3) is 11.3 Å². The first-order valence-electron chi connectivity index (χ1n) is 8.35. The lowest BCUT2D eigenvalue weighted by Gasteiger charge is -2.08. The van der Waals surface area contributed by atoms with Crippen LogP contribution in [0.15, 0.2) is 53.1 Å². The summed E-state index contributed by atoms with van der Waals surface area (Å²) in [6, 6.07) is 10.6. The second kappa shape index (κ2) is 8.67. The number of amides is 1. The van der Waals surface area contributed by atoms with Gasteiger partial charge in [0.2, 0.25) is 5.91 Å². The summed E-state index contributed by atoms with van der Waals surface area (Å²) < 4.78 is 24.0.